The largest absolute Gasteiger partial charge is 0.378 e. The first kappa shape index (κ1) is 13.0. The van der Waals surface area contributed by atoms with E-state index in [1.165, 1.54) is 23.7 Å². The minimum absolute atomic E-state index is 0.0285. The van der Waals surface area contributed by atoms with Gasteiger partial charge in [0.2, 0.25) is 5.82 Å². The number of benzene rings is 1. The molecular formula is C12H13FN4O2. The predicted molar refractivity (Wildman–Crippen MR) is 68.2 cm³/mol. The highest BCUT2D eigenvalue weighted by Gasteiger charge is 2.25. The van der Waals surface area contributed by atoms with Crippen LogP contribution in [0.4, 0.5) is 15.9 Å². The molecule has 0 aliphatic carbocycles. The minimum Gasteiger partial charge on any atom is -0.378 e. The average molecular weight is 264 g/mol. The number of nitrogens with two attached hydrogens (primary N) is 1. The van der Waals surface area contributed by atoms with E-state index >= 15 is 0 Å². The van der Waals surface area contributed by atoms with Crippen LogP contribution in [0.1, 0.15) is 24.2 Å². The first-order valence-electron chi connectivity index (χ1n) is 5.66. The molecule has 7 heteroatoms. The van der Waals surface area contributed by atoms with Crippen LogP contribution in [-0.2, 0) is 0 Å². The van der Waals surface area contributed by atoms with Crippen molar-refractivity contribution in [3.05, 3.63) is 51.5 Å². The van der Waals surface area contributed by atoms with Crippen LogP contribution < -0.4 is 5.73 Å². The van der Waals surface area contributed by atoms with Crippen LogP contribution in [0.25, 0.3) is 0 Å². The maximum atomic E-state index is 13.2. The minimum atomic E-state index is -0.563. The summed E-state index contributed by atoms with van der Waals surface area (Å²) < 4.78 is 14.5. The summed E-state index contributed by atoms with van der Waals surface area (Å²) in [7, 11) is 0. The molecule has 100 valence electrons. The monoisotopic (exact) mass is 264 g/mol. The van der Waals surface area contributed by atoms with Crippen LogP contribution in [0.5, 0.6) is 0 Å². The van der Waals surface area contributed by atoms with E-state index in [2.05, 4.69) is 5.10 Å². The van der Waals surface area contributed by atoms with E-state index in [1.54, 1.807) is 19.1 Å². The summed E-state index contributed by atoms with van der Waals surface area (Å²) in [5.74, 6) is -0.402. The van der Waals surface area contributed by atoms with Crippen molar-refractivity contribution in [2.45, 2.75) is 19.9 Å². The third kappa shape index (κ3) is 2.26. The Labute approximate surface area is 108 Å². The van der Waals surface area contributed by atoms with Gasteiger partial charge in [0, 0.05) is 0 Å². The second kappa shape index (κ2) is 4.68. The number of nitro groups is 1. The maximum Gasteiger partial charge on any atom is 0.333 e. The van der Waals surface area contributed by atoms with Gasteiger partial charge in [0.05, 0.1) is 11.0 Å². The van der Waals surface area contributed by atoms with E-state index in [0.29, 0.717) is 5.56 Å². The van der Waals surface area contributed by atoms with E-state index in [0.717, 1.165) is 0 Å². The standard InChI is InChI=1S/C12H13FN4O2/c1-7-11(17(18)19)12(14)16(15-7)8(2)9-4-3-5-10(13)6-9/h3-6,8H,14H2,1-2H3. The zero-order valence-electron chi connectivity index (χ0n) is 10.5. The number of aryl methyl sites for hydroxylation is 1. The summed E-state index contributed by atoms with van der Waals surface area (Å²) in [6, 6.07) is 5.59. The van der Waals surface area contributed by atoms with Gasteiger partial charge in [-0.25, -0.2) is 9.07 Å². The van der Waals surface area contributed by atoms with E-state index in [-0.39, 0.29) is 29.1 Å². The number of hydrogen-bond donors (Lipinski definition) is 1. The Kier molecular flexibility index (Phi) is 3.20. The molecule has 0 saturated heterocycles. The number of nitrogens with zero attached hydrogens (tertiary/aromatic N) is 3. The maximum absolute atomic E-state index is 13.2. The SMILES string of the molecule is Cc1nn(C(C)c2cccc(F)c2)c(N)c1[N+](=O)[O-]. The van der Waals surface area contributed by atoms with Gasteiger partial charge in [0.25, 0.3) is 0 Å². The fourth-order valence-corrected chi connectivity index (χ4v) is 1.99. The number of halogens is 1. The number of hydrogen-bond acceptors (Lipinski definition) is 4. The lowest BCUT2D eigenvalue weighted by molar-refractivity contribution is -0.384. The van der Waals surface area contributed by atoms with E-state index in [1.807, 2.05) is 0 Å². The molecule has 19 heavy (non-hydrogen) atoms. The van der Waals surface area contributed by atoms with E-state index < -0.39 is 4.92 Å². The molecule has 1 aromatic carbocycles. The molecule has 2 N–H and O–H groups in total. The van der Waals surface area contributed by atoms with Crippen LogP contribution >= 0.6 is 0 Å². The summed E-state index contributed by atoms with van der Waals surface area (Å²) in [5, 5.41) is 14.9. The highest BCUT2D eigenvalue weighted by Crippen LogP contribution is 2.30. The first-order chi connectivity index (χ1) is 8.91. The van der Waals surface area contributed by atoms with Crippen molar-refractivity contribution in [1.82, 2.24) is 9.78 Å². The summed E-state index contributed by atoms with van der Waals surface area (Å²) in [5.41, 5.74) is 6.43. The lowest BCUT2D eigenvalue weighted by Gasteiger charge is -2.13. The second-order valence-corrected chi connectivity index (χ2v) is 4.25. The molecule has 0 fully saturated rings. The van der Waals surface area contributed by atoms with Gasteiger partial charge in [-0.1, -0.05) is 12.1 Å². The van der Waals surface area contributed by atoms with Gasteiger partial charge in [-0.15, -0.1) is 0 Å². The molecule has 0 aliphatic rings. The third-order valence-electron chi connectivity index (χ3n) is 2.97. The Morgan fingerprint density at radius 2 is 2.21 bits per heavy atom. The van der Waals surface area contributed by atoms with Gasteiger partial charge >= 0.3 is 5.69 Å². The lowest BCUT2D eigenvalue weighted by Crippen LogP contribution is -2.12. The van der Waals surface area contributed by atoms with Gasteiger partial charge in [-0.05, 0) is 31.5 Å². The van der Waals surface area contributed by atoms with Crippen molar-refractivity contribution in [3.8, 4) is 0 Å². The Morgan fingerprint density at radius 1 is 1.53 bits per heavy atom. The van der Waals surface area contributed by atoms with Crippen LogP contribution in [-0.4, -0.2) is 14.7 Å². The van der Waals surface area contributed by atoms with E-state index in [4.69, 9.17) is 5.73 Å². The highest BCUT2D eigenvalue weighted by molar-refractivity contribution is 5.56. The zero-order valence-corrected chi connectivity index (χ0v) is 10.5. The predicted octanol–water partition coefficient (Wildman–Crippen LogP) is 2.43. The molecule has 0 aliphatic heterocycles. The van der Waals surface area contributed by atoms with Gasteiger partial charge in [-0.2, -0.15) is 5.10 Å². The summed E-state index contributed by atoms with van der Waals surface area (Å²) in [6.45, 7) is 3.27. The molecule has 1 atom stereocenters. The number of rotatable bonds is 3. The van der Waals surface area contributed by atoms with Crippen molar-refractivity contribution >= 4 is 11.5 Å². The van der Waals surface area contributed by atoms with Crippen molar-refractivity contribution in [3.63, 3.8) is 0 Å². The molecule has 0 saturated carbocycles. The molecule has 2 rings (SSSR count). The van der Waals surface area contributed by atoms with Crippen molar-refractivity contribution in [1.29, 1.82) is 0 Å². The molecule has 0 bridgehead atoms. The smallest absolute Gasteiger partial charge is 0.333 e. The van der Waals surface area contributed by atoms with Crippen molar-refractivity contribution in [2.75, 3.05) is 5.73 Å². The van der Waals surface area contributed by atoms with Gasteiger partial charge in [-0.3, -0.25) is 10.1 Å². The molecule has 0 radical (unpaired) electrons. The van der Waals surface area contributed by atoms with Gasteiger partial charge < -0.3 is 5.73 Å². The molecule has 0 amide bonds. The normalized spacial score (nSPS) is 12.4. The zero-order chi connectivity index (χ0) is 14.2. The van der Waals surface area contributed by atoms with Crippen molar-refractivity contribution < 1.29 is 9.31 Å². The Bertz CT molecular complexity index is 639. The number of aromatic nitrogens is 2. The fourth-order valence-electron chi connectivity index (χ4n) is 1.99. The quantitative estimate of drug-likeness (QED) is 0.681. The summed E-state index contributed by atoms with van der Waals surface area (Å²) in [4.78, 5) is 10.3. The van der Waals surface area contributed by atoms with E-state index in [9.17, 15) is 14.5 Å². The molecule has 1 unspecified atom stereocenters. The van der Waals surface area contributed by atoms with Crippen LogP contribution in [0, 0.1) is 22.9 Å². The average Bonchev–Trinajstić information content (AvgIpc) is 2.63. The van der Waals surface area contributed by atoms with Crippen LogP contribution in [0.2, 0.25) is 0 Å². The van der Waals surface area contributed by atoms with Crippen LogP contribution in [0.3, 0.4) is 0 Å². The molecule has 6 nitrogen and oxygen atoms in total. The van der Waals surface area contributed by atoms with Crippen molar-refractivity contribution in [2.24, 2.45) is 0 Å². The number of nitrogen functional groups attached to an aromatic ring is 1. The number of anilines is 1. The summed E-state index contributed by atoms with van der Waals surface area (Å²) in [6.07, 6.45) is 0. The van der Waals surface area contributed by atoms with Gasteiger partial charge in [0.15, 0.2) is 0 Å². The Hall–Kier alpha value is -2.44. The molecule has 2 aromatic rings. The molecule has 0 spiro atoms. The molecule has 1 heterocycles. The fraction of sp³-hybridized carbons (Fsp3) is 0.250. The third-order valence-corrected chi connectivity index (χ3v) is 2.97. The van der Waals surface area contributed by atoms with Gasteiger partial charge in [0.1, 0.15) is 11.5 Å². The highest BCUT2D eigenvalue weighted by atomic mass is 19.1. The lowest BCUT2D eigenvalue weighted by atomic mass is 10.1. The Balaban J connectivity index is 2.48. The second-order valence-electron chi connectivity index (χ2n) is 4.25. The summed E-state index contributed by atoms with van der Waals surface area (Å²) >= 11 is 0. The Morgan fingerprint density at radius 3 is 2.74 bits per heavy atom. The molecule has 1 aromatic heterocycles. The molecular weight excluding hydrogens is 251 g/mol. The first-order valence-corrected chi connectivity index (χ1v) is 5.66. The van der Waals surface area contributed by atoms with Crippen LogP contribution in [0.15, 0.2) is 24.3 Å². The topological polar surface area (TPSA) is 87.0 Å².